The van der Waals surface area contributed by atoms with E-state index in [1.165, 1.54) is 27.0 Å². The lowest BCUT2D eigenvalue weighted by Crippen LogP contribution is -2.09. The fourth-order valence-electron chi connectivity index (χ4n) is 2.87. The summed E-state index contributed by atoms with van der Waals surface area (Å²) in [5.74, 6) is -0.543. The molecule has 0 N–H and O–H groups in total. The first kappa shape index (κ1) is 21.2. The standard InChI is InChI=1S/C21H17BrO6S/c1-12(23)27-16-11-17(26-3)21(28-13(2)24)14-7-6-10-19(20(14)16)29(25)18-9-5-4-8-15(18)22/h4-11H,1-3H3. The second-order valence-electron chi connectivity index (χ2n) is 5.97. The van der Waals surface area contributed by atoms with Gasteiger partial charge in [-0.15, -0.1) is 0 Å². The Labute approximate surface area is 179 Å². The van der Waals surface area contributed by atoms with E-state index in [1.54, 1.807) is 36.4 Å². The van der Waals surface area contributed by atoms with Gasteiger partial charge in [0.2, 0.25) is 0 Å². The molecule has 3 rings (SSSR count). The number of ether oxygens (including phenoxy) is 3. The summed E-state index contributed by atoms with van der Waals surface area (Å²) < 4.78 is 30.2. The molecule has 0 bridgehead atoms. The van der Waals surface area contributed by atoms with Crippen LogP contribution in [0, 0.1) is 0 Å². The predicted molar refractivity (Wildman–Crippen MR) is 112 cm³/mol. The van der Waals surface area contributed by atoms with Gasteiger partial charge in [-0.1, -0.05) is 18.2 Å². The summed E-state index contributed by atoms with van der Waals surface area (Å²) >= 11 is 1.81. The van der Waals surface area contributed by atoms with Gasteiger partial charge in [-0.05, 0) is 40.2 Å². The summed E-state index contributed by atoms with van der Waals surface area (Å²) in [6.45, 7) is 2.54. The molecule has 3 aromatic carbocycles. The Bertz CT molecular complexity index is 1100. The Kier molecular flexibility index (Phi) is 6.46. The van der Waals surface area contributed by atoms with Gasteiger partial charge in [-0.3, -0.25) is 9.59 Å². The number of halogens is 1. The fourth-order valence-corrected chi connectivity index (χ4v) is 4.88. The van der Waals surface area contributed by atoms with Crippen molar-refractivity contribution in [3.8, 4) is 17.2 Å². The molecular formula is C21H17BrO6S. The number of fused-ring (bicyclic) bond motifs is 1. The van der Waals surface area contributed by atoms with Gasteiger partial charge in [-0.2, -0.15) is 0 Å². The maximum Gasteiger partial charge on any atom is 0.308 e. The van der Waals surface area contributed by atoms with Gasteiger partial charge < -0.3 is 18.8 Å². The molecule has 0 saturated carbocycles. The van der Waals surface area contributed by atoms with Gasteiger partial charge in [-0.25, -0.2) is 0 Å². The second kappa shape index (κ2) is 8.86. The summed E-state index contributed by atoms with van der Waals surface area (Å²) in [5, 5.41) is 0.836. The summed E-state index contributed by atoms with van der Waals surface area (Å²) in [6, 6.07) is 13.6. The number of carbonyl (C=O) groups excluding carboxylic acids is 2. The van der Waals surface area contributed by atoms with Crippen LogP contribution in [0.25, 0.3) is 10.8 Å². The molecule has 0 aliphatic rings. The second-order valence-corrected chi connectivity index (χ2v) is 8.24. The first-order valence-electron chi connectivity index (χ1n) is 8.50. The van der Waals surface area contributed by atoms with E-state index in [0.717, 1.165) is 0 Å². The minimum absolute atomic E-state index is 0.163. The quantitative estimate of drug-likeness (QED) is 0.303. The third-order valence-electron chi connectivity index (χ3n) is 3.96. The van der Waals surface area contributed by atoms with Gasteiger partial charge in [0, 0.05) is 36.5 Å². The molecule has 0 radical (unpaired) electrons. The minimum Gasteiger partial charge on any atom is -0.606 e. The molecule has 0 fully saturated rings. The molecule has 1 unspecified atom stereocenters. The van der Waals surface area contributed by atoms with Crippen LogP contribution in [0.3, 0.4) is 0 Å². The molecule has 0 saturated heterocycles. The molecule has 150 valence electrons. The zero-order valence-corrected chi connectivity index (χ0v) is 18.3. The van der Waals surface area contributed by atoms with E-state index in [1.807, 2.05) is 6.07 Å². The van der Waals surface area contributed by atoms with Crippen molar-refractivity contribution in [2.24, 2.45) is 0 Å². The Balaban J connectivity index is 2.35. The molecule has 3 aromatic rings. The summed E-state index contributed by atoms with van der Waals surface area (Å²) in [5.41, 5.74) is 0. The van der Waals surface area contributed by atoms with E-state index in [9.17, 15) is 14.1 Å². The molecule has 0 amide bonds. The number of hydrogen-bond donors (Lipinski definition) is 0. The van der Waals surface area contributed by atoms with E-state index < -0.39 is 23.1 Å². The molecule has 0 aromatic heterocycles. The lowest BCUT2D eigenvalue weighted by molar-refractivity contribution is -0.133. The monoisotopic (exact) mass is 476 g/mol. The van der Waals surface area contributed by atoms with Crippen LogP contribution in [-0.2, 0) is 20.8 Å². The fraction of sp³-hybridized carbons (Fsp3) is 0.143. The predicted octanol–water partition coefficient (Wildman–Crippen LogP) is 4.63. The van der Waals surface area contributed by atoms with Crippen molar-refractivity contribution in [1.82, 2.24) is 0 Å². The van der Waals surface area contributed by atoms with Crippen LogP contribution in [-0.4, -0.2) is 23.6 Å². The SMILES string of the molecule is COc1cc(OC(C)=O)c2c([S+]([O-])c3ccccc3Br)cccc2c1OC(C)=O. The average molecular weight is 477 g/mol. The lowest BCUT2D eigenvalue weighted by atomic mass is 10.1. The molecule has 29 heavy (non-hydrogen) atoms. The molecule has 0 aliphatic heterocycles. The van der Waals surface area contributed by atoms with Crippen LogP contribution in [0.2, 0.25) is 0 Å². The van der Waals surface area contributed by atoms with E-state index in [2.05, 4.69) is 15.9 Å². The third-order valence-corrected chi connectivity index (χ3v) is 6.41. The van der Waals surface area contributed by atoms with Gasteiger partial charge in [0.25, 0.3) is 0 Å². The first-order valence-corrected chi connectivity index (χ1v) is 10.4. The topological polar surface area (TPSA) is 84.9 Å². The molecule has 0 aliphatic carbocycles. The maximum absolute atomic E-state index is 13.4. The smallest absolute Gasteiger partial charge is 0.308 e. The summed E-state index contributed by atoms with van der Waals surface area (Å²) in [7, 11) is 1.41. The molecule has 6 nitrogen and oxygen atoms in total. The highest BCUT2D eigenvalue weighted by atomic mass is 79.9. The number of rotatable bonds is 5. The number of benzene rings is 3. The van der Waals surface area contributed by atoms with Crippen molar-refractivity contribution >= 4 is 49.8 Å². The average Bonchev–Trinajstić information content (AvgIpc) is 2.68. The Morgan fingerprint density at radius 3 is 2.21 bits per heavy atom. The van der Waals surface area contributed by atoms with Crippen molar-refractivity contribution in [3.63, 3.8) is 0 Å². The van der Waals surface area contributed by atoms with Gasteiger partial charge in [0.1, 0.15) is 5.75 Å². The van der Waals surface area contributed by atoms with Crippen LogP contribution in [0.5, 0.6) is 17.2 Å². The van der Waals surface area contributed by atoms with Crippen molar-refractivity contribution in [3.05, 3.63) is 53.0 Å². The van der Waals surface area contributed by atoms with Crippen molar-refractivity contribution < 1.29 is 28.4 Å². The van der Waals surface area contributed by atoms with Crippen molar-refractivity contribution in [1.29, 1.82) is 0 Å². The normalized spacial score (nSPS) is 11.8. The lowest BCUT2D eigenvalue weighted by Gasteiger charge is -2.18. The van der Waals surface area contributed by atoms with Crippen molar-refractivity contribution in [2.75, 3.05) is 7.11 Å². The van der Waals surface area contributed by atoms with Crippen LogP contribution in [0.15, 0.2) is 62.8 Å². The van der Waals surface area contributed by atoms with E-state index in [0.29, 0.717) is 25.0 Å². The number of methoxy groups -OCH3 is 1. The maximum atomic E-state index is 13.4. The van der Waals surface area contributed by atoms with Gasteiger partial charge in [0.15, 0.2) is 21.3 Å². The highest BCUT2D eigenvalue weighted by Crippen LogP contribution is 2.45. The molecule has 0 spiro atoms. The Hall–Kier alpha value is -2.55. The number of esters is 2. The van der Waals surface area contributed by atoms with Crippen LogP contribution < -0.4 is 14.2 Å². The van der Waals surface area contributed by atoms with E-state index >= 15 is 0 Å². The van der Waals surface area contributed by atoms with Crippen LogP contribution in [0.4, 0.5) is 0 Å². The first-order chi connectivity index (χ1) is 13.8. The zero-order chi connectivity index (χ0) is 21.1. The number of hydrogen-bond acceptors (Lipinski definition) is 6. The zero-order valence-electron chi connectivity index (χ0n) is 15.9. The molecule has 0 heterocycles. The molecule has 1 atom stereocenters. The molecular weight excluding hydrogens is 460 g/mol. The highest BCUT2D eigenvalue weighted by molar-refractivity contribution is 9.10. The van der Waals surface area contributed by atoms with E-state index in [-0.39, 0.29) is 17.2 Å². The largest absolute Gasteiger partial charge is 0.606 e. The van der Waals surface area contributed by atoms with Gasteiger partial charge in [0.05, 0.1) is 17.0 Å². The number of carbonyl (C=O) groups is 2. The molecule has 8 heteroatoms. The third kappa shape index (κ3) is 4.39. The van der Waals surface area contributed by atoms with Gasteiger partial charge >= 0.3 is 11.9 Å². The Morgan fingerprint density at radius 1 is 0.931 bits per heavy atom. The van der Waals surface area contributed by atoms with Crippen LogP contribution >= 0.6 is 15.9 Å². The van der Waals surface area contributed by atoms with Crippen LogP contribution in [0.1, 0.15) is 13.8 Å². The Morgan fingerprint density at radius 2 is 1.59 bits per heavy atom. The summed E-state index contributed by atoms with van der Waals surface area (Å²) in [4.78, 5) is 24.3. The minimum atomic E-state index is -1.61. The highest BCUT2D eigenvalue weighted by Gasteiger charge is 2.27. The van der Waals surface area contributed by atoms with Crippen molar-refractivity contribution in [2.45, 2.75) is 23.6 Å². The van der Waals surface area contributed by atoms with E-state index in [4.69, 9.17) is 14.2 Å². The summed E-state index contributed by atoms with van der Waals surface area (Å²) in [6.07, 6.45) is 0.